The van der Waals surface area contributed by atoms with Crippen molar-refractivity contribution in [2.75, 3.05) is 0 Å². The average Bonchev–Trinajstić information content (AvgIpc) is 2.53. The van der Waals surface area contributed by atoms with E-state index in [1.807, 2.05) is 13.8 Å². The van der Waals surface area contributed by atoms with Crippen LogP contribution in [0.3, 0.4) is 0 Å². The molecular formula is C12H20ClNO4. The summed E-state index contributed by atoms with van der Waals surface area (Å²) >= 11 is 0. The van der Waals surface area contributed by atoms with E-state index in [9.17, 15) is 14.7 Å². The number of allylic oxidation sites excluding steroid dienone is 1. The van der Waals surface area contributed by atoms with Gasteiger partial charge < -0.3 is 15.9 Å². The first kappa shape index (κ1) is 16.9. The highest BCUT2D eigenvalue weighted by Crippen LogP contribution is 2.44. The van der Waals surface area contributed by atoms with Crippen molar-refractivity contribution in [3.05, 3.63) is 11.1 Å². The molecule has 1 saturated carbocycles. The van der Waals surface area contributed by atoms with E-state index >= 15 is 0 Å². The largest absolute Gasteiger partial charge is 0.480 e. The molecule has 4 N–H and O–H groups in total. The van der Waals surface area contributed by atoms with Crippen molar-refractivity contribution in [1.82, 2.24) is 0 Å². The molecule has 0 aromatic heterocycles. The Kier molecular flexibility index (Phi) is 5.83. The number of rotatable bonds is 4. The van der Waals surface area contributed by atoms with Crippen LogP contribution in [0.1, 0.15) is 39.5 Å². The highest BCUT2D eigenvalue weighted by atomic mass is 35.5. The van der Waals surface area contributed by atoms with Gasteiger partial charge in [0, 0.05) is 12.0 Å². The molecule has 6 heteroatoms. The van der Waals surface area contributed by atoms with Gasteiger partial charge in [0.25, 0.3) is 0 Å². The Morgan fingerprint density at radius 2 is 1.94 bits per heavy atom. The summed E-state index contributed by atoms with van der Waals surface area (Å²) < 4.78 is 0. The summed E-state index contributed by atoms with van der Waals surface area (Å²) in [5.74, 6) is -2.22. The van der Waals surface area contributed by atoms with Crippen LogP contribution in [0, 0.1) is 5.41 Å². The van der Waals surface area contributed by atoms with Gasteiger partial charge in [-0.05, 0) is 24.7 Å². The summed E-state index contributed by atoms with van der Waals surface area (Å²) in [6.07, 6.45) is 2.49. The minimum absolute atomic E-state index is 0. The van der Waals surface area contributed by atoms with Crippen molar-refractivity contribution < 1.29 is 19.8 Å². The van der Waals surface area contributed by atoms with E-state index in [2.05, 4.69) is 0 Å². The van der Waals surface area contributed by atoms with Gasteiger partial charge >= 0.3 is 11.9 Å². The quantitative estimate of drug-likeness (QED) is 0.680. The van der Waals surface area contributed by atoms with Gasteiger partial charge in [0.15, 0.2) is 0 Å². The predicted octanol–water partition coefficient (Wildman–Crippen LogP) is 1.80. The van der Waals surface area contributed by atoms with Crippen LogP contribution < -0.4 is 5.73 Å². The highest BCUT2D eigenvalue weighted by Gasteiger charge is 2.34. The molecule has 0 aromatic carbocycles. The summed E-state index contributed by atoms with van der Waals surface area (Å²) in [6.45, 7) is 3.98. The van der Waals surface area contributed by atoms with E-state index in [1.54, 1.807) is 0 Å². The van der Waals surface area contributed by atoms with Crippen molar-refractivity contribution >= 4 is 24.3 Å². The standard InChI is InChI=1S/C12H19NO4.ClH/c1-12(2)5-3-4-8(12)7(10(14)15)6-9(13)11(16)17;/h9H,3-6,13H2,1-2H3,(H,14,15)(H,16,17);1H/t9-;/m0./s1. The molecule has 18 heavy (non-hydrogen) atoms. The maximum Gasteiger partial charge on any atom is 0.331 e. The van der Waals surface area contributed by atoms with Crippen molar-refractivity contribution in [3.8, 4) is 0 Å². The van der Waals surface area contributed by atoms with Crippen LogP contribution >= 0.6 is 12.4 Å². The van der Waals surface area contributed by atoms with Gasteiger partial charge in [-0.2, -0.15) is 0 Å². The first-order valence-corrected chi connectivity index (χ1v) is 5.70. The van der Waals surface area contributed by atoms with Gasteiger partial charge in [0.2, 0.25) is 0 Å². The lowest BCUT2D eigenvalue weighted by Gasteiger charge is -2.23. The van der Waals surface area contributed by atoms with Crippen LogP contribution in [-0.4, -0.2) is 28.2 Å². The Labute approximate surface area is 112 Å². The number of hydrogen-bond acceptors (Lipinski definition) is 3. The Hall–Kier alpha value is -1.07. The maximum atomic E-state index is 11.2. The van der Waals surface area contributed by atoms with Gasteiger partial charge in [-0.3, -0.25) is 4.79 Å². The Bertz CT molecular complexity index is 376. The van der Waals surface area contributed by atoms with Gasteiger partial charge in [-0.15, -0.1) is 12.4 Å². The lowest BCUT2D eigenvalue weighted by Crippen LogP contribution is -2.32. The lowest BCUT2D eigenvalue weighted by molar-refractivity contribution is -0.138. The molecule has 104 valence electrons. The molecule has 1 atom stereocenters. The number of carboxylic acid groups (broad SMARTS) is 2. The second-order valence-corrected chi connectivity index (χ2v) is 5.15. The van der Waals surface area contributed by atoms with Crippen molar-refractivity contribution in [3.63, 3.8) is 0 Å². The lowest BCUT2D eigenvalue weighted by atomic mass is 9.82. The smallest absolute Gasteiger partial charge is 0.331 e. The van der Waals surface area contributed by atoms with Crippen molar-refractivity contribution in [2.45, 2.75) is 45.6 Å². The average molecular weight is 278 g/mol. The number of aliphatic carboxylic acids is 2. The van der Waals surface area contributed by atoms with Crippen LogP contribution in [-0.2, 0) is 9.59 Å². The second-order valence-electron chi connectivity index (χ2n) is 5.15. The maximum absolute atomic E-state index is 11.2. The summed E-state index contributed by atoms with van der Waals surface area (Å²) in [7, 11) is 0. The van der Waals surface area contributed by atoms with E-state index in [1.165, 1.54) is 0 Å². The Morgan fingerprint density at radius 3 is 2.28 bits per heavy atom. The summed E-state index contributed by atoms with van der Waals surface area (Å²) in [6, 6.07) is -1.15. The monoisotopic (exact) mass is 277 g/mol. The SMILES string of the molecule is CC1(C)CCCC1=C(C[C@H](N)C(=O)O)C(=O)O.Cl. The highest BCUT2D eigenvalue weighted by molar-refractivity contribution is 5.89. The molecule has 1 aliphatic carbocycles. The van der Waals surface area contributed by atoms with E-state index < -0.39 is 18.0 Å². The molecule has 5 nitrogen and oxygen atoms in total. The zero-order valence-electron chi connectivity index (χ0n) is 10.6. The van der Waals surface area contributed by atoms with Gasteiger partial charge in [0.05, 0.1) is 0 Å². The summed E-state index contributed by atoms with van der Waals surface area (Å²) in [4.78, 5) is 21.9. The molecule has 1 fully saturated rings. The fourth-order valence-corrected chi connectivity index (χ4v) is 2.40. The van der Waals surface area contributed by atoms with Gasteiger partial charge in [-0.1, -0.05) is 19.4 Å². The second kappa shape index (κ2) is 6.20. The molecule has 0 aliphatic heterocycles. The number of carboxylic acids is 2. The van der Waals surface area contributed by atoms with E-state index in [0.29, 0.717) is 0 Å². The molecule has 0 saturated heterocycles. The molecule has 0 bridgehead atoms. The Balaban J connectivity index is 0.00000289. The molecule has 1 aliphatic rings. The number of hydrogen-bond donors (Lipinski definition) is 3. The van der Waals surface area contributed by atoms with Crippen molar-refractivity contribution in [2.24, 2.45) is 11.1 Å². The number of halogens is 1. The topological polar surface area (TPSA) is 101 Å². The Morgan fingerprint density at radius 1 is 1.39 bits per heavy atom. The fraction of sp³-hybridized carbons (Fsp3) is 0.667. The zero-order valence-corrected chi connectivity index (χ0v) is 11.4. The van der Waals surface area contributed by atoms with Gasteiger partial charge in [-0.25, -0.2) is 4.79 Å². The minimum atomic E-state index is -1.17. The summed E-state index contributed by atoms with van der Waals surface area (Å²) in [5, 5.41) is 17.9. The first-order valence-electron chi connectivity index (χ1n) is 5.70. The molecule has 0 radical (unpaired) electrons. The minimum Gasteiger partial charge on any atom is -0.480 e. The molecular weight excluding hydrogens is 258 g/mol. The van der Waals surface area contributed by atoms with Crippen molar-refractivity contribution in [1.29, 1.82) is 0 Å². The van der Waals surface area contributed by atoms with E-state index in [4.69, 9.17) is 10.8 Å². The summed E-state index contributed by atoms with van der Waals surface area (Å²) in [5.41, 5.74) is 6.29. The third-order valence-corrected chi connectivity index (χ3v) is 3.41. The zero-order chi connectivity index (χ0) is 13.2. The van der Waals surface area contributed by atoms with Crippen LogP contribution in [0.5, 0.6) is 0 Å². The normalized spacial score (nSPS) is 21.9. The molecule has 0 heterocycles. The molecule has 0 aromatic rings. The fourth-order valence-electron chi connectivity index (χ4n) is 2.40. The van der Waals surface area contributed by atoms with E-state index in [0.717, 1.165) is 24.8 Å². The molecule has 0 unspecified atom stereocenters. The molecule has 0 spiro atoms. The van der Waals surface area contributed by atoms with Crippen LogP contribution in [0.2, 0.25) is 0 Å². The van der Waals surface area contributed by atoms with Crippen LogP contribution in [0.25, 0.3) is 0 Å². The third kappa shape index (κ3) is 3.71. The van der Waals surface area contributed by atoms with Gasteiger partial charge in [0.1, 0.15) is 6.04 Å². The van der Waals surface area contributed by atoms with Crippen LogP contribution in [0.4, 0.5) is 0 Å². The predicted molar refractivity (Wildman–Crippen MR) is 69.8 cm³/mol. The molecule has 0 amide bonds. The number of carbonyl (C=O) groups is 2. The third-order valence-electron chi connectivity index (χ3n) is 3.41. The first-order chi connectivity index (χ1) is 7.75. The van der Waals surface area contributed by atoms with Crippen LogP contribution in [0.15, 0.2) is 11.1 Å². The van der Waals surface area contributed by atoms with E-state index in [-0.39, 0.29) is 29.8 Å². The molecule has 1 rings (SSSR count). The number of nitrogens with two attached hydrogens (primary N) is 1.